The number of carbonyl (C=O) groups excluding carboxylic acids is 1. The molecule has 1 unspecified atom stereocenters. The Morgan fingerprint density at radius 3 is 1.58 bits per heavy atom. The Morgan fingerprint density at radius 2 is 1.05 bits per heavy atom. The highest BCUT2D eigenvalue weighted by Gasteiger charge is 2.15. The van der Waals surface area contributed by atoms with Crippen molar-refractivity contribution in [3.05, 3.63) is 25.3 Å². The predicted octanol–water partition coefficient (Wildman–Crippen LogP) is 7.03. The fraction of sp³-hybridized carbons (Fsp3) is 0.853. The van der Waals surface area contributed by atoms with Crippen LogP contribution in [0.25, 0.3) is 0 Å². The van der Waals surface area contributed by atoms with Gasteiger partial charge in [0.2, 0.25) is 0 Å². The molecule has 1 atom stereocenters. The van der Waals surface area contributed by atoms with E-state index < -0.39 is 11.7 Å². The summed E-state index contributed by atoms with van der Waals surface area (Å²) in [4.78, 5) is 11.5. The molecule has 0 radical (unpaired) electrons. The lowest BCUT2D eigenvalue weighted by Gasteiger charge is -2.19. The quantitative estimate of drug-likeness (QED) is 0.0621. The molecular weight excluding hydrogens is 550 g/mol. The standard InChI is InChI=1S/C34H65NO8/c1-6-8-10-12-14-16-18-21-40-30-32(42-22-19-17-15-13-11-9-7-2)31-41-29-28-39-27-26-38-25-24-37-23-20-35-33(36)43-34(3,4)5/h6-7,32H,1-2,8-31H2,3-5H3,(H,35,36). The molecule has 9 heteroatoms. The second-order valence-electron chi connectivity index (χ2n) is 11.6. The van der Waals surface area contributed by atoms with E-state index in [9.17, 15) is 4.79 Å². The first kappa shape index (κ1) is 41.5. The Bertz CT molecular complexity index is 626. The minimum atomic E-state index is -0.506. The number of ether oxygens (including phenoxy) is 7. The van der Waals surface area contributed by atoms with Crippen molar-refractivity contribution in [3.63, 3.8) is 0 Å². The van der Waals surface area contributed by atoms with Gasteiger partial charge in [-0.1, -0.05) is 50.7 Å². The molecule has 43 heavy (non-hydrogen) atoms. The van der Waals surface area contributed by atoms with Gasteiger partial charge in [-0.15, -0.1) is 13.2 Å². The van der Waals surface area contributed by atoms with Crippen LogP contribution < -0.4 is 5.32 Å². The zero-order chi connectivity index (χ0) is 31.7. The van der Waals surface area contributed by atoms with Crippen molar-refractivity contribution in [1.82, 2.24) is 5.32 Å². The van der Waals surface area contributed by atoms with E-state index in [1.54, 1.807) is 0 Å². The van der Waals surface area contributed by atoms with Crippen LogP contribution in [0.4, 0.5) is 4.79 Å². The van der Waals surface area contributed by atoms with Crippen LogP contribution in [-0.4, -0.2) is 97.0 Å². The van der Waals surface area contributed by atoms with Crippen LogP contribution in [0, 0.1) is 0 Å². The van der Waals surface area contributed by atoms with Crippen molar-refractivity contribution in [2.75, 3.05) is 79.2 Å². The van der Waals surface area contributed by atoms with E-state index in [2.05, 4.69) is 18.5 Å². The molecule has 0 rings (SSSR count). The van der Waals surface area contributed by atoms with Gasteiger partial charge in [0.25, 0.3) is 0 Å². The molecule has 0 aromatic carbocycles. The maximum Gasteiger partial charge on any atom is 0.407 e. The summed E-state index contributed by atoms with van der Waals surface area (Å²) in [6.45, 7) is 19.3. The van der Waals surface area contributed by atoms with E-state index >= 15 is 0 Å². The normalized spacial score (nSPS) is 12.3. The summed E-state index contributed by atoms with van der Waals surface area (Å²) in [5.74, 6) is 0. The number of hydrogen-bond acceptors (Lipinski definition) is 8. The molecule has 0 aliphatic heterocycles. The summed E-state index contributed by atoms with van der Waals surface area (Å²) in [5, 5.41) is 2.65. The second kappa shape index (κ2) is 31.9. The van der Waals surface area contributed by atoms with Crippen LogP contribution in [0.15, 0.2) is 25.3 Å². The number of carbonyl (C=O) groups is 1. The largest absolute Gasteiger partial charge is 0.444 e. The number of alkyl carbamates (subject to hydrolysis) is 1. The molecule has 254 valence electrons. The van der Waals surface area contributed by atoms with Crippen molar-refractivity contribution in [1.29, 1.82) is 0 Å². The van der Waals surface area contributed by atoms with Gasteiger partial charge in [0.1, 0.15) is 11.7 Å². The Balaban J connectivity index is 3.82. The summed E-state index contributed by atoms with van der Waals surface area (Å²) in [7, 11) is 0. The van der Waals surface area contributed by atoms with Crippen molar-refractivity contribution in [2.24, 2.45) is 0 Å². The Labute approximate surface area is 263 Å². The SMILES string of the molecule is C=CCCCCCCCOCC(COCCOCCOCCOCCNC(=O)OC(C)(C)C)OCCCCCCCC=C. The summed E-state index contributed by atoms with van der Waals surface area (Å²) in [6.07, 6.45) is 17.7. The molecule has 0 aliphatic carbocycles. The molecule has 9 nitrogen and oxygen atoms in total. The highest BCUT2D eigenvalue weighted by Crippen LogP contribution is 2.09. The summed E-state index contributed by atoms with van der Waals surface area (Å²) < 4.78 is 39.6. The lowest BCUT2D eigenvalue weighted by atomic mass is 10.1. The van der Waals surface area contributed by atoms with Gasteiger partial charge in [-0.2, -0.15) is 0 Å². The Kier molecular flexibility index (Phi) is 30.8. The molecule has 0 aromatic rings. The van der Waals surface area contributed by atoms with Gasteiger partial charge in [-0.3, -0.25) is 0 Å². The topological polar surface area (TPSA) is 93.7 Å². The van der Waals surface area contributed by atoms with E-state index in [1.165, 1.54) is 51.4 Å². The Hall–Kier alpha value is -1.49. The maximum atomic E-state index is 11.5. The van der Waals surface area contributed by atoms with Gasteiger partial charge >= 0.3 is 6.09 Å². The molecule has 1 N–H and O–H groups in total. The average Bonchev–Trinajstić information content (AvgIpc) is 2.96. The van der Waals surface area contributed by atoms with Crippen LogP contribution in [0.1, 0.15) is 97.8 Å². The molecule has 0 heterocycles. The molecule has 0 fully saturated rings. The lowest BCUT2D eigenvalue weighted by molar-refractivity contribution is -0.0700. The first-order valence-electron chi connectivity index (χ1n) is 16.6. The van der Waals surface area contributed by atoms with E-state index in [-0.39, 0.29) is 6.10 Å². The minimum Gasteiger partial charge on any atom is -0.444 e. The fourth-order valence-electron chi connectivity index (χ4n) is 3.97. The third-order valence-electron chi connectivity index (χ3n) is 6.24. The first-order valence-corrected chi connectivity index (χ1v) is 16.6. The smallest absolute Gasteiger partial charge is 0.407 e. The van der Waals surface area contributed by atoms with Crippen molar-refractivity contribution < 1.29 is 38.0 Å². The summed E-state index contributed by atoms with van der Waals surface area (Å²) in [6, 6.07) is 0. The number of allylic oxidation sites excluding steroid dienone is 2. The predicted molar refractivity (Wildman–Crippen MR) is 174 cm³/mol. The highest BCUT2D eigenvalue weighted by molar-refractivity contribution is 5.67. The first-order chi connectivity index (χ1) is 20.9. The molecule has 0 saturated heterocycles. The Morgan fingerprint density at radius 1 is 0.605 bits per heavy atom. The van der Waals surface area contributed by atoms with Gasteiger partial charge in [0.05, 0.1) is 59.5 Å². The molecule has 0 saturated carbocycles. The number of amides is 1. The molecule has 0 aromatic heterocycles. The lowest BCUT2D eigenvalue weighted by Crippen LogP contribution is -2.34. The van der Waals surface area contributed by atoms with E-state index in [1.807, 2.05) is 32.9 Å². The van der Waals surface area contributed by atoms with Crippen LogP contribution in [0.2, 0.25) is 0 Å². The molecule has 0 spiro atoms. The van der Waals surface area contributed by atoms with Crippen LogP contribution in [-0.2, 0) is 33.2 Å². The monoisotopic (exact) mass is 615 g/mol. The van der Waals surface area contributed by atoms with Gasteiger partial charge < -0.3 is 38.5 Å². The number of hydrogen-bond donors (Lipinski definition) is 1. The van der Waals surface area contributed by atoms with Crippen LogP contribution >= 0.6 is 0 Å². The number of unbranched alkanes of at least 4 members (excludes halogenated alkanes) is 10. The van der Waals surface area contributed by atoms with Crippen LogP contribution in [0.5, 0.6) is 0 Å². The molecular formula is C34H65NO8. The molecule has 0 bridgehead atoms. The molecule has 1 amide bonds. The van der Waals surface area contributed by atoms with E-state index in [4.69, 9.17) is 33.2 Å². The average molecular weight is 616 g/mol. The van der Waals surface area contributed by atoms with Gasteiger partial charge in [0.15, 0.2) is 0 Å². The highest BCUT2D eigenvalue weighted by atomic mass is 16.6. The van der Waals surface area contributed by atoms with E-state index in [0.717, 1.165) is 38.9 Å². The van der Waals surface area contributed by atoms with Crippen LogP contribution in [0.3, 0.4) is 0 Å². The third kappa shape index (κ3) is 34.9. The minimum absolute atomic E-state index is 0.0592. The maximum absolute atomic E-state index is 11.5. The number of nitrogens with one attached hydrogen (secondary N) is 1. The van der Waals surface area contributed by atoms with E-state index in [0.29, 0.717) is 66.0 Å². The van der Waals surface area contributed by atoms with Crippen molar-refractivity contribution in [2.45, 2.75) is 110 Å². The van der Waals surface area contributed by atoms with Gasteiger partial charge in [0, 0.05) is 19.8 Å². The fourth-order valence-corrected chi connectivity index (χ4v) is 3.97. The summed E-state index contributed by atoms with van der Waals surface area (Å²) >= 11 is 0. The zero-order valence-electron chi connectivity index (χ0n) is 27.9. The number of rotatable bonds is 33. The molecule has 0 aliphatic rings. The third-order valence-corrected chi connectivity index (χ3v) is 6.24. The summed E-state index contributed by atoms with van der Waals surface area (Å²) in [5.41, 5.74) is -0.506. The second-order valence-corrected chi connectivity index (χ2v) is 11.6. The van der Waals surface area contributed by atoms with Gasteiger partial charge in [-0.25, -0.2) is 4.79 Å². The van der Waals surface area contributed by atoms with Crippen molar-refractivity contribution in [3.8, 4) is 0 Å². The van der Waals surface area contributed by atoms with Crippen molar-refractivity contribution >= 4 is 6.09 Å². The zero-order valence-corrected chi connectivity index (χ0v) is 27.9. The van der Waals surface area contributed by atoms with Gasteiger partial charge in [-0.05, 0) is 59.3 Å².